The van der Waals surface area contributed by atoms with E-state index in [1.165, 1.54) is 0 Å². The van der Waals surface area contributed by atoms with E-state index >= 15 is 0 Å². The van der Waals surface area contributed by atoms with E-state index in [-0.39, 0.29) is 23.0 Å². The third-order valence-corrected chi connectivity index (χ3v) is 4.43. The van der Waals surface area contributed by atoms with Gasteiger partial charge in [0.2, 0.25) is 10.0 Å². The van der Waals surface area contributed by atoms with Gasteiger partial charge in [0.05, 0.1) is 4.90 Å². The lowest BCUT2D eigenvalue weighted by atomic mass is 9.95. The smallest absolute Gasteiger partial charge is 0.240 e. The molecule has 1 aromatic carbocycles. The topological polar surface area (TPSA) is 78.4 Å². The summed E-state index contributed by atoms with van der Waals surface area (Å²) >= 11 is 0. The number of sulfonamides is 1. The molecule has 0 amide bonds. The second kappa shape index (κ2) is 6.56. The summed E-state index contributed by atoms with van der Waals surface area (Å²) in [6.07, 6.45) is 0. The highest BCUT2D eigenvalue weighted by Crippen LogP contribution is 2.18. The van der Waals surface area contributed by atoms with Crippen molar-refractivity contribution in [3.05, 3.63) is 24.3 Å². The van der Waals surface area contributed by atoms with E-state index in [1.807, 2.05) is 13.8 Å². The fourth-order valence-electron chi connectivity index (χ4n) is 1.53. The Kier molecular flexibility index (Phi) is 5.56. The number of rotatable bonds is 7. The number of aliphatic hydroxyl groups excluding tert-OH is 1. The Morgan fingerprint density at radius 1 is 1.20 bits per heavy atom. The molecule has 20 heavy (non-hydrogen) atoms. The Morgan fingerprint density at radius 2 is 1.75 bits per heavy atom. The summed E-state index contributed by atoms with van der Waals surface area (Å²) in [5.74, 6) is 0. The molecular weight excluding hydrogens is 276 g/mol. The predicted octanol–water partition coefficient (Wildman–Crippen LogP) is 1.80. The van der Waals surface area contributed by atoms with Gasteiger partial charge in [-0.15, -0.1) is 0 Å². The van der Waals surface area contributed by atoms with E-state index in [0.717, 1.165) is 5.69 Å². The lowest BCUT2D eigenvalue weighted by Gasteiger charge is -2.22. The summed E-state index contributed by atoms with van der Waals surface area (Å²) in [5, 5.41) is 12.4. The van der Waals surface area contributed by atoms with E-state index in [4.69, 9.17) is 0 Å². The molecule has 0 bridgehead atoms. The first kappa shape index (κ1) is 16.9. The van der Waals surface area contributed by atoms with Crippen molar-refractivity contribution in [2.24, 2.45) is 5.41 Å². The van der Waals surface area contributed by atoms with Crippen LogP contribution in [0.5, 0.6) is 0 Å². The zero-order valence-electron chi connectivity index (χ0n) is 12.5. The summed E-state index contributed by atoms with van der Waals surface area (Å²) in [6.45, 7) is 8.16. The van der Waals surface area contributed by atoms with Crippen LogP contribution in [0.15, 0.2) is 29.2 Å². The predicted molar refractivity (Wildman–Crippen MR) is 81.3 cm³/mol. The summed E-state index contributed by atoms with van der Waals surface area (Å²) < 4.78 is 26.4. The molecule has 0 unspecified atom stereocenters. The van der Waals surface area contributed by atoms with Crippen molar-refractivity contribution in [3.63, 3.8) is 0 Å². The zero-order chi connectivity index (χ0) is 15.4. The molecule has 0 aliphatic heterocycles. The van der Waals surface area contributed by atoms with Crippen LogP contribution in [0.3, 0.4) is 0 Å². The molecule has 0 aromatic heterocycles. The van der Waals surface area contributed by atoms with Crippen LogP contribution in [0, 0.1) is 5.41 Å². The lowest BCUT2D eigenvalue weighted by molar-refractivity contribution is 0.171. The van der Waals surface area contributed by atoms with Gasteiger partial charge in [-0.3, -0.25) is 0 Å². The Hall–Kier alpha value is -1.11. The van der Waals surface area contributed by atoms with Crippen LogP contribution in [-0.2, 0) is 10.0 Å². The quantitative estimate of drug-likeness (QED) is 0.717. The number of nitrogens with one attached hydrogen (secondary N) is 2. The molecule has 0 aliphatic carbocycles. The van der Waals surface area contributed by atoms with Gasteiger partial charge in [-0.2, -0.15) is 0 Å². The van der Waals surface area contributed by atoms with Crippen molar-refractivity contribution in [2.75, 3.05) is 18.5 Å². The monoisotopic (exact) mass is 300 g/mol. The van der Waals surface area contributed by atoms with Crippen molar-refractivity contribution in [1.29, 1.82) is 0 Å². The molecule has 114 valence electrons. The molecule has 0 aliphatic rings. The van der Waals surface area contributed by atoms with Crippen LogP contribution >= 0.6 is 0 Å². The van der Waals surface area contributed by atoms with Gasteiger partial charge in [-0.1, -0.05) is 13.8 Å². The van der Waals surface area contributed by atoms with Crippen LogP contribution in [0.4, 0.5) is 5.69 Å². The standard InChI is InChI=1S/C14H24N2O3S/c1-11(2)16-20(18,19)13-7-5-12(6-8-13)15-9-14(3,4)10-17/h5-8,11,15-17H,9-10H2,1-4H3. The normalized spacial score (nSPS) is 12.7. The first-order valence-electron chi connectivity index (χ1n) is 6.63. The average molecular weight is 300 g/mol. The van der Waals surface area contributed by atoms with E-state index in [0.29, 0.717) is 6.54 Å². The van der Waals surface area contributed by atoms with E-state index < -0.39 is 10.0 Å². The number of benzene rings is 1. The minimum atomic E-state index is -3.44. The highest BCUT2D eigenvalue weighted by molar-refractivity contribution is 7.89. The van der Waals surface area contributed by atoms with Crippen LogP contribution in [-0.4, -0.2) is 32.7 Å². The number of hydrogen-bond acceptors (Lipinski definition) is 4. The van der Waals surface area contributed by atoms with Gasteiger partial charge in [0.25, 0.3) is 0 Å². The molecule has 0 saturated carbocycles. The van der Waals surface area contributed by atoms with Gasteiger partial charge >= 0.3 is 0 Å². The van der Waals surface area contributed by atoms with Crippen molar-refractivity contribution in [2.45, 2.75) is 38.6 Å². The molecule has 5 nitrogen and oxygen atoms in total. The lowest BCUT2D eigenvalue weighted by Crippen LogP contribution is -2.30. The van der Waals surface area contributed by atoms with E-state index in [9.17, 15) is 13.5 Å². The fourth-order valence-corrected chi connectivity index (χ4v) is 2.78. The van der Waals surface area contributed by atoms with Gasteiger partial charge in [-0.25, -0.2) is 13.1 Å². The first-order valence-corrected chi connectivity index (χ1v) is 8.12. The Balaban J connectivity index is 2.75. The highest BCUT2D eigenvalue weighted by atomic mass is 32.2. The molecule has 1 rings (SSSR count). The van der Waals surface area contributed by atoms with Crippen molar-refractivity contribution >= 4 is 15.7 Å². The van der Waals surface area contributed by atoms with Gasteiger partial charge in [0, 0.05) is 30.3 Å². The first-order chi connectivity index (χ1) is 9.16. The Morgan fingerprint density at radius 3 is 2.20 bits per heavy atom. The van der Waals surface area contributed by atoms with Gasteiger partial charge in [-0.05, 0) is 38.1 Å². The Labute approximate surface area is 121 Å². The second-order valence-corrected chi connectivity index (χ2v) is 7.69. The average Bonchev–Trinajstić information content (AvgIpc) is 2.35. The fraction of sp³-hybridized carbons (Fsp3) is 0.571. The van der Waals surface area contributed by atoms with Crippen LogP contribution in [0.1, 0.15) is 27.7 Å². The summed E-state index contributed by atoms with van der Waals surface area (Å²) in [5.41, 5.74) is 0.610. The summed E-state index contributed by atoms with van der Waals surface area (Å²) in [7, 11) is -3.44. The van der Waals surface area contributed by atoms with Crippen molar-refractivity contribution < 1.29 is 13.5 Å². The molecule has 0 fully saturated rings. The van der Waals surface area contributed by atoms with Crippen molar-refractivity contribution in [3.8, 4) is 0 Å². The Bertz CT molecular complexity index is 522. The van der Waals surface area contributed by atoms with E-state index in [1.54, 1.807) is 38.1 Å². The van der Waals surface area contributed by atoms with Crippen LogP contribution in [0.25, 0.3) is 0 Å². The molecule has 3 N–H and O–H groups in total. The van der Waals surface area contributed by atoms with Crippen LogP contribution in [0.2, 0.25) is 0 Å². The number of hydrogen-bond donors (Lipinski definition) is 3. The summed E-state index contributed by atoms with van der Waals surface area (Å²) in [6, 6.07) is 6.45. The second-order valence-electron chi connectivity index (χ2n) is 5.98. The van der Waals surface area contributed by atoms with Crippen LogP contribution < -0.4 is 10.0 Å². The maximum absolute atomic E-state index is 12.0. The molecule has 0 spiro atoms. The van der Waals surface area contributed by atoms with E-state index in [2.05, 4.69) is 10.0 Å². The molecule has 6 heteroatoms. The largest absolute Gasteiger partial charge is 0.396 e. The summed E-state index contributed by atoms with van der Waals surface area (Å²) in [4.78, 5) is 0.248. The highest BCUT2D eigenvalue weighted by Gasteiger charge is 2.17. The molecule has 0 atom stereocenters. The minimum Gasteiger partial charge on any atom is -0.396 e. The third kappa shape index (κ3) is 5.11. The SMILES string of the molecule is CC(C)NS(=O)(=O)c1ccc(NCC(C)(C)CO)cc1. The molecule has 0 heterocycles. The maximum atomic E-state index is 12.0. The number of anilines is 1. The molecular formula is C14H24N2O3S. The van der Waals surface area contributed by atoms with Gasteiger partial charge < -0.3 is 10.4 Å². The maximum Gasteiger partial charge on any atom is 0.240 e. The van der Waals surface area contributed by atoms with Gasteiger partial charge in [0.1, 0.15) is 0 Å². The van der Waals surface area contributed by atoms with Crippen molar-refractivity contribution in [1.82, 2.24) is 4.72 Å². The zero-order valence-corrected chi connectivity index (χ0v) is 13.3. The minimum absolute atomic E-state index is 0.0881. The third-order valence-electron chi connectivity index (χ3n) is 2.75. The molecule has 1 aromatic rings. The number of aliphatic hydroxyl groups is 1. The molecule has 0 saturated heterocycles. The van der Waals surface area contributed by atoms with Gasteiger partial charge in [0.15, 0.2) is 0 Å². The molecule has 0 radical (unpaired) electrons.